The molecule has 0 radical (unpaired) electrons. The molecule has 140 valence electrons. The SMILES string of the molecule is Cc1cc(C)c(C)c(S(=O)(=O)Nc2ccc(NC(=O)C(C)C)cc2)c1C. The number of hydrogen-bond acceptors (Lipinski definition) is 3. The van der Waals surface area contributed by atoms with Crippen LogP contribution in [0.3, 0.4) is 0 Å². The highest BCUT2D eigenvalue weighted by Crippen LogP contribution is 2.28. The highest BCUT2D eigenvalue weighted by Gasteiger charge is 2.22. The van der Waals surface area contributed by atoms with Gasteiger partial charge in [0.05, 0.1) is 4.90 Å². The largest absolute Gasteiger partial charge is 0.326 e. The van der Waals surface area contributed by atoms with E-state index in [1.807, 2.05) is 47.6 Å². The predicted molar refractivity (Wildman–Crippen MR) is 106 cm³/mol. The number of anilines is 2. The topological polar surface area (TPSA) is 75.3 Å². The van der Waals surface area contributed by atoms with Crippen LogP contribution in [-0.4, -0.2) is 14.3 Å². The van der Waals surface area contributed by atoms with E-state index in [4.69, 9.17) is 0 Å². The Bertz CT molecular complexity index is 904. The molecule has 2 aromatic carbocycles. The summed E-state index contributed by atoms with van der Waals surface area (Å²) >= 11 is 0. The first-order valence-electron chi connectivity index (χ1n) is 8.54. The Labute approximate surface area is 155 Å². The highest BCUT2D eigenvalue weighted by molar-refractivity contribution is 7.92. The van der Waals surface area contributed by atoms with Gasteiger partial charge in [0.2, 0.25) is 5.91 Å². The number of nitrogens with one attached hydrogen (secondary N) is 2. The molecular weight excluding hydrogens is 348 g/mol. The van der Waals surface area contributed by atoms with Gasteiger partial charge in [0.1, 0.15) is 0 Å². The summed E-state index contributed by atoms with van der Waals surface area (Å²) < 4.78 is 28.5. The molecule has 0 aliphatic heterocycles. The summed E-state index contributed by atoms with van der Waals surface area (Å²) in [5.74, 6) is -0.205. The minimum absolute atomic E-state index is 0.0835. The van der Waals surface area contributed by atoms with Crippen molar-refractivity contribution < 1.29 is 13.2 Å². The Hall–Kier alpha value is -2.34. The minimum atomic E-state index is -3.71. The molecule has 2 aromatic rings. The molecule has 6 heteroatoms. The molecule has 0 heterocycles. The van der Waals surface area contributed by atoms with Crippen LogP contribution < -0.4 is 10.0 Å². The van der Waals surface area contributed by atoms with Crippen molar-refractivity contribution in [3.8, 4) is 0 Å². The molecule has 0 saturated carbocycles. The Morgan fingerprint density at radius 2 is 1.35 bits per heavy atom. The van der Waals surface area contributed by atoms with Gasteiger partial charge in [-0.1, -0.05) is 19.9 Å². The first-order chi connectivity index (χ1) is 12.0. The lowest BCUT2D eigenvalue weighted by atomic mass is 10.0. The number of carbonyl (C=O) groups excluding carboxylic acids is 1. The van der Waals surface area contributed by atoms with Crippen LogP contribution in [0.5, 0.6) is 0 Å². The summed E-state index contributed by atoms with van der Waals surface area (Å²) in [4.78, 5) is 12.1. The molecule has 0 atom stereocenters. The number of rotatable bonds is 5. The normalized spacial score (nSPS) is 11.5. The highest BCUT2D eigenvalue weighted by atomic mass is 32.2. The van der Waals surface area contributed by atoms with E-state index in [-0.39, 0.29) is 11.8 Å². The third-order valence-electron chi connectivity index (χ3n) is 4.49. The van der Waals surface area contributed by atoms with Crippen molar-refractivity contribution in [2.45, 2.75) is 46.4 Å². The second-order valence-electron chi connectivity index (χ2n) is 6.92. The molecule has 0 unspecified atom stereocenters. The van der Waals surface area contributed by atoms with Crippen LogP contribution >= 0.6 is 0 Å². The van der Waals surface area contributed by atoms with Crippen molar-refractivity contribution in [2.24, 2.45) is 5.92 Å². The smallest absolute Gasteiger partial charge is 0.262 e. The standard InChI is InChI=1S/C20H26N2O3S/c1-12(2)20(23)21-17-7-9-18(10-8-17)22-26(24,25)19-15(5)13(3)11-14(4)16(19)6/h7-12,22H,1-6H3,(H,21,23). The van der Waals surface area contributed by atoms with Crippen molar-refractivity contribution in [1.82, 2.24) is 0 Å². The third-order valence-corrected chi connectivity index (χ3v) is 6.15. The lowest BCUT2D eigenvalue weighted by molar-refractivity contribution is -0.118. The fourth-order valence-electron chi connectivity index (χ4n) is 2.70. The van der Waals surface area contributed by atoms with Crippen LogP contribution in [0.4, 0.5) is 11.4 Å². The second-order valence-corrected chi connectivity index (χ2v) is 8.54. The van der Waals surface area contributed by atoms with Gasteiger partial charge in [-0.2, -0.15) is 0 Å². The quantitative estimate of drug-likeness (QED) is 0.818. The summed E-state index contributed by atoms with van der Waals surface area (Å²) in [5.41, 5.74) is 4.47. The van der Waals surface area contributed by atoms with E-state index in [9.17, 15) is 13.2 Å². The van der Waals surface area contributed by atoms with E-state index in [1.165, 1.54) is 0 Å². The van der Waals surface area contributed by atoms with Gasteiger partial charge in [0.25, 0.3) is 10.0 Å². The van der Waals surface area contributed by atoms with Gasteiger partial charge in [-0.3, -0.25) is 9.52 Å². The van der Waals surface area contributed by atoms with E-state index in [0.717, 1.165) is 22.3 Å². The summed E-state index contributed by atoms with van der Waals surface area (Å²) in [7, 11) is -3.71. The molecule has 2 N–H and O–H groups in total. The van der Waals surface area contributed by atoms with Crippen LogP contribution in [-0.2, 0) is 14.8 Å². The summed E-state index contributed by atoms with van der Waals surface area (Å²) in [6.45, 7) is 11.1. The first kappa shape index (κ1) is 20.0. The monoisotopic (exact) mass is 374 g/mol. The predicted octanol–water partition coefficient (Wildman–Crippen LogP) is 4.32. The molecule has 0 aliphatic carbocycles. The molecule has 5 nitrogen and oxygen atoms in total. The lowest BCUT2D eigenvalue weighted by Gasteiger charge is -2.17. The molecule has 0 fully saturated rings. The van der Waals surface area contributed by atoms with Crippen LogP contribution in [0, 0.1) is 33.6 Å². The fraction of sp³-hybridized carbons (Fsp3) is 0.350. The van der Waals surface area contributed by atoms with Crippen LogP contribution in [0.1, 0.15) is 36.1 Å². The van der Waals surface area contributed by atoms with Crippen molar-refractivity contribution in [3.05, 3.63) is 52.6 Å². The lowest BCUT2D eigenvalue weighted by Crippen LogP contribution is -2.18. The van der Waals surface area contributed by atoms with E-state index in [1.54, 1.807) is 24.3 Å². The van der Waals surface area contributed by atoms with Gasteiger partial charge < -0.3 is 5.32 Å². The third kappa shape index (κ3) is 4.25. The molecule has 0 saturated heterocycles. The van der Waals surface area contributed by atoms with E-state index in [2.05, 4.69) is 10.0 Å². The maximum Gasteiger partial charge on any atom is 0.262 e. The molecule has 0 aromatic heterocycles. The van der Waals surface area contributed by atoms with Gasteiger partial charge in [-0.15, -0.1) is 0 Å². The Balaban J connectivity index is 2.30. The first-order valence-corrected chi connectivity index (χ1v) is 10.0. The maximum absolute atomic E-state index is 12.9. The minimum Gasteiger partial charge on any atom is -0.326 e. The van der Waals surface area contributed by atoms with E-state index < -0.39 is 10.0 Å². The molecule has 0 spiro atoms. The van der Waals surface area contributed by atoms with Gasteiger partial charge in [-0.05, 0) is 74.2 Å². The van der Waals surface area contributed by atoms with Gasteiger partial charge in [0, 0.05) is 17.3 Å². The van der Waals surface area contributed by atoms with Gasteiger partial charge in [0.15, 0.2) is 0 Å². The van der Waals surface area contributed by atoms with Crippen molar-refractivity contribution in [3.63, 3.8) is 0 Å². The van der Waals surface area contributed by atoms with E-state index >= 15 is 0 Å². The number of amides is 1. The van der Waals surface area contributed by atoms with Crippen molar-refractivity contribution in [2.75, 3.05) is 10.0 Å². The molecular formula is C20H26N2O3S. The number of benzene rings is 2. The molecule has 0 bridgehead atoms. The molecule has 0 aliphatic rings. The molecule has 2 rings (SSSR count). The zero-order valence-electron chi connectivity index (χ0n) is 16.1. The summed E-state index contributed by atoms with van der Waals surface area (Å²) in [6.07, 6.45) is 0. The average molecular weight is 375 g/mol. The summed E-state index contributed by atoms with van der Waals surface area (Å²) in [5, 5.41) is 2.78. The van der Waals surface area contributed by atoms with Crippen LogP contribution in [0.2, 0.25) is 0 Å². The average Bonchev–Trinajstić information content (AvgIpc) is 2.54. The van der Waals surface area contributed by atoms with Crippen LogP contribution in [0.25, 0.3) is 0 Å². The second kappa shape index (κ2) is 7.50. The van der Waals surface area contributed by atoms with Crippen molar-refractivity contribution in [1.29, 1.82) is 0 Å². The zero-order valence-corrected chi connectivity index (χ0v) is 16.9. The number of carbonyl (C=O) groups is 1. The Kier molecular flexibility index (Phi) is 5.76. The fourth-order valence-corrected chi connectivity index (χ4v) is 4.37. The Morgan fingerprint density at radius 3 is 1.81 bits per heavy atom. The number of aryl methyl sites for hydroxylation is 2. The van der Waals surface area contributed by atoms with Gasteiger partial charge in [-0.25, -0.2) is 8.42 Å². The van der Waals surface area contributed by atoms with Crippen LogP contribution in [0.15, 0.2) is 35.2 Å². The van der Waals surface area contributed by atoms with E-state index in [0.29, 0.717) is 16.3 Å². The molecule has 26 heavy (non-hydrogen) atoms. The van der Waals surface area contributed by atoms with Gasteiger partial charge >= 0.3 is 0 Å². The molecule has 1 amide bonds. The maximum atomic E-state index is 12.9. The summed E-state index contributed by atoms with van der Waals surface area (Å²) in [6, 6.07) is 8.64. The number of hydrogen-bond donors (Lipinski definition) is 2. The van der Waals surface area contributed by atoms with Crippen molar-refractivity contribution >= 4 is 27.3 Å². The Morgan fingerprint density at radius 1 is 0.885 bits per heavy atom. The number of sulfonamides is 1. The zero-order chi connectivity index (χ0) is 19.6.